The van der Waals surface area contributed by atoms with Crippen LogP contribution in [0.1, 0.15) is 49.3 Å². The Labute approximate surface area is 230 Å². The molecule has 0 saturated heterocycles. The molecule has 0 radical (unpaired) electrons. The fourth-order valence-electron chi connectivity index (χ4n) is 7.77. The monoisotopic (exact) mass is 540 g/mol. The van der Waals surface area contributed by atoms with Crippen LogP contribution in [0.25, 0.3) is 0 Å². The van der Waals surface area contributed by atoms with Gasteiger partial charge in [0.25, 0.3) is 0 Å². The van der Waals surface area contributed by atoms with E-state index in [-0.39, 0.29) is 0 Å². The van der Waals surface area contributed by atoms with Crippen molar-refractivity contribution in [3.63, 3.8) is 0 Å². The molecular weight excluding hydrogens is 496 g/mol. The van der Waals surface area contributed by atoms with Crippen LogP contribution in [0.4, 0.5) is 0 Å². The summed E-state index contributed by atoms with van der Waals surface area (Å²) in [7, 11) is -1.40. The van der Waals surface area contributed by atoms with Crippen LogP contribution in [0.5, 0.6) is 0 Å². The van der Waals surface area contributed by atoms with E-state index < -0.39 is 24.7 Å². The van der Waals surface area contributed by atoms with Crippen molar-refractivity contribution in [1.29, 1.82) is 0 Å². The minimum absolute atomic E-state index is 0.293. The molecule has 3 aromatic rings. The zero-order valence-electron chi connectivity index (χ0n) is 23.4. The molecule has 1 atom stereocenters. The van der Waals surface area contributed by atoms with E-state index in [1.54, 1.807) is 27.8 Å². The van der Waals surface area contributed by atoms with Gasteiger partial charge in [-0.25, -0.2) is 0 Å². The van der Waals surface area contributed by atoms with Gasteiger partial charge in [-0.15, -0.1) is 0 Å². The van der Waals surface area contributed by atoms with E-state index in [0.717, 1.165) is 0 Å². The summed E-state index contributed by atoms with van der Waals surface area (Å²) in [6.45, 7) is 10.4. The Morgan fingerprint density at radius 2 is 1.08 bits per heavy atom. The Morgan fingerprint density at radius 3 is 1.51 bits per heavy atom. The second kappa shape index (κ2) is 11.1. The minimum atomic E-state index is -2.87. The maximum atomic E-state index is 2.69. The van der Waals surface area contributed by atoms with E-state index in [0.29, 0.717) is 3.72 Å². The third-order valence-electron chi connectivity index (χ3n) is 8.95. The molecule has 2 heteroatoms. The second-order valence-corrected chi connectivity index (χ2v) is 25.4. The van der Waals surface area contributed by atoms with Gasteiger partial charge in [0.05, 0.1) is 0 Å². The number of allylic oxidation sites excluding steroid dienone is 4. The average Bonchev–Trinajstić information content (AvgIpc) is 3.17. The van der Waals surface area contributed by atoms with Gasteiger partial charge in [0.15, 0.2) is 0 Å². The summed E-state index contributed by atoms with van der Waals surface area (Å²) < 4.78 is 4.16. The summed E-state index contributed by atoms with van der Waals surface area (Å²) in [6.07, 6.45) is 8.03. The van der Waals surface area contributed by atoms with E-state index in [2.05, 4.69) is 124 Å². The zero-order valence-corrected chi connectivity index (χ0v) is 26.0. The summed E-state index contributed by atoms with van der Waals surface area (Å²) in [5, 5.41) is 0. The summed E-state index contributed by atoms with van der Waals surface area (Å²) in [4.78, 5) is 0. The Balaban J connectivity index is 1.79. The molecule has 2 aliphatic carbocycles. The first-order valence-corrected chi connectivity index (χ1v) is 22.1. The van der Waals surface area contributed by atoms with Crippen LogP contribution >= 0.6 is 0 Å². The van der Waals surface area contributed by atoms with E-state index in [4.69, 9.17) is 0 Å². The van der Waals surface area contributed by atoms with Crippen LogP contribution in [0.2, 0.25) is 29.4 Å². The van der Waals surface area contributed by atoms with Gasteiger partial charge in [0, 0.05) is 0 Å². The maximum absolute atomic E-state index is 2.87. The van der Waals surface area contributed by atoms with Gasteiger partial charge in [-0.1, -0.05) is 0 Å². The molecule has 0 aliphatic heterocycles. The first-order chi connectivity index (χ1) is 17.8. The molecule has 2 aliphatic rings. The standard InChI is InChI=1S/C14H23Si.3C7H7.Ti/c1-11-9-12-7-5-6-8-13(12)14(11)10-15(2,3)4;3*1-7-5-3-2-4-6-7;/h9H,5-8,10H2,1-4H3;3*2-6H,1H2;. The van der Waals surface area contributed by atoms with Crippen LogP contribution in [0.15, 0.2) is 114 Å². The van der Waals surface area contributed by atoms with Gasteiger partial charge in [-0.05, 0) is 0 Å². The molecule has 0 nitrogen and oxygen atoms in total. The van der Waals surface area contributed by atoms with Crippen molar-refractivity contribution < 1.29 is 16.6 Å². The summed E-state index contributed by atoms with van der Waals surface area (Å²) >= 11 is -2.87. The SMILES string of the molecule is CC1=CC2=C(CCCC2)[C]1(C[Si](C)(C)C)[Ti]([CH2]c1ccccc1)([CH2]c1ccccc1)[CH2]c1ccccc1. The Morgan fingerprint density at radius 1 is 0.649 bits per heavy atom. The van der Waals surface area contributed by atoms with Crippen LogP contribution in [0, 0.1) is 0 Å². The summed E-state index contributed by atoms with van der Waals surface area (Å²) in [5.41, 5.74) is 10.0. The number of rotatable bonds is 9. The van der Waals surface area contributed by atoms with Crippen LogP contribution in [-0.4, -0.2) is 8.07 Å². The number of benzene rings is 3. The summed E-state index contributed by atoms with van der Waals surface area (Å²) in [6, 6.07) is 36.1. The molecule has 0 saturated carbocycles. The first-order valence-electron chi connectivity index (χ1n) is 14.3. The van der Waals surface area contributed by atoms with Crippen molar-refractivity contribution in [3.8, 4) is 0 Å². The molecule has 0 heterocycles. The second-order valence-electron chi connectivity index (χ2n) is 12.9. The van der Waals surface area contributed by atoms with E-state index >= 15 is 0 Å². The molecule has 0 amide bonds. The van der Waals surface area contributed by atoms with Crippen LogP contribution < -0.4 is 0 Å². The third-order valence-corrected chi connectivity index (χ3v) is 20.4. The van der Waals surface area contributed by atoms with Crippen LogP contribution in [0.3, 0.4) is 0 Å². The molecule has 192 valence electrons. The number of hydrogen-bond donors (Lipinski definition) is 0. The van der Waals surface area contributed by atoms with E-state index in [1.165, 1.54) is 45.9 Å². The van der Waals surface area contributed by atoms with Gasteiger partial charge in [0.1, 0.15) is 0 Å². The summed E-state index contributed by atoms with van der Waals surface area (Å²) in [5.74, 6) is 0. The van der Waals surface area contributed by atoms with Crippen molar-refractivity contribution in [2.75, 3.05) is 0 Å². The molecule has 5 rings (SSSR count). The number of hydrogen-bond acceptors (Lipinski definition) is 0. The van der Waals surface area contributed by atoms with Gasteiger partial charge in [0.2, 0.25) is 0 Å². The van der Waals surface area contributed by atoms with Gasteiger partial charge in [-0.3, -0.25) is 0 Å². The van der Waals surface area contributed by atoms with Gasteiger partial charge >= 0.3 is 231 Å². The normalized spacial score (nSPS) is 20.1. The van der Waals surface area contributed by atoms with Crippen LogP contribution in [-0.2, 0) is 30.8 Å². The average molecular weight is 541 g/mol. The Hall–Kier alpha value is -1.93. The molecular formula is C35H44SiTi. The van der Waals surface area contributed by atoms with Gasteiger partial charge in [-0.2, -0.15) is 0 Å². The predicted molar refractivity (Wildman–Crippen MR) is 161 cm³/mol. The molecule has 0 fully saturated rings. The predicted octanol–water partition coefficient (Wildman–Crippen LogP) is 10.1. The van der Waals surface area contributed by atoms with E-state index in [9.17, 15) is 0 Å². The molecule has 3 aromatic carbocycles. The van der Waals surface area contributed by atoms with E-state index in [1.807, 2.05) is 5.57 Å². The zero-order chi connectivity index (χ0) is 25.9. The molecule has 1 unspecified atom stereocenters. The van der Waals surface area contributed by atoms with Crippen molar-refractivity contribution in [1.82, 2.24) is 0 Å². The Kier molecular flexibility index (Phi) is 7.96. The van der Waals surface area contributed by atoms with Crippen molar-refractivity contribution in [2.45, 2.75) is 76.2 Å². The van der Waals surface area contributed by atoms with Gasteiger partial charge < -0.3 is 0 Å². The molecule has 0 aromatic heterocycles. The van der Waals surface area contributed by atoms with Crippen molar-refractivity contribution in [2.24, 2.45) is 0 Å². The topological polar surface area (TPSA) is 0 Å². The fourth-order valence-corrected chi connectivity index (χ4v) is 24.1. The molecule has 0 bridgehead atoms. The molecule has 0 N–H and O–H groups in total. The quantitative estimate of drug-likeness (QED) is 0.237. The van der Waals surface area contributed by atoms with Crippen molar-refractivity contribution >= 4 is 8.07 Å². The van der Waals surface area contributed by atoms with Crippen molar-refractivity contribution in [3.05, 3.63) is 130 Å². The third kappa shape index (κ3) is 5.61. The molecule has 37 heavy (non-hydrogen) atoms. The fraction of sp³-hybridized carbons (Fsp3) is 0.371. The Bertz CT molecular complexity index is 1150. The molecule has 0 spiro atoms. The first kappa shape index (κ1) is 26.7.